The Balaban J connectivity index is 0.000000427. The van der Waals surface area contributed by atoms with E-state index in [4.69, 9.17) is 14.5 Å². The molecule has 4 heterocycles. The van der Waals surface area contributed by atoms with E-state index in [9.17, 15) is 19.2 Å². The molecule has 14 nitrogen and oxygen atoms in total. The van der Waals surface area contributed by atoms with E-state index in [2.05, 4.69) is 75.4 Å². The van der Waals surface area contributed by atoms with Crippen LogP contribution in [0.25, 0.3) is 33.6 Å². The Morgan fingerprint density at radius 3 is 1.52 bits per heavy atom. The molecule has 2 unspecified atom stereocenters. The van der Waals surface area contributed by atoms with Gasteiger partial charge >= 0.3 is 12.2 Å². The van der Waals surface area contributed by atoms with Crippen molar-refractivity contribution >= 4 is 24.4 Å². The average Bonchev–Trinajstić information content (AvgIpc) is 4.05. The summed E-state index contributed by atoms with van der Waals surface area (Å²) in [6.45, 7) is 20.3. The summed E-state index contributed by atoms with van der Waals surface area (Å²) in [5.74, 6) is 1.73. The van der Waals surface area contributed by atoms with E-state index in [-0.39, 0.29) is 23.8 Å². The van der Waals surface area contributed by atoms with Crippen molar-refractivity contribution in [2.75, 3.05) is 34.2 Å². The fourth-order valence-electron chi connectivity index (χ4n) is 8.23. The number of ether oxygens (including phenoxy) is 2. The maximum absolute atomic E-state index is 13.9. The Hall–Kier alpha value is -5.50. The van der Waals surface area contributed by atoms with Crippen LogP contribution in [-0.4, -0.2) is 121 Å². The molecule has 2 fully saturated rings. The Morgan fingerprint density at radius 1 is 0.683 bits per heavy atom. The molecular formula is C49H70N8O6. The van der Waals surface area contributed by atoms with Crippen molar-refractivity contribution in [1.82, 2.24) is 39.5 Å². The zero-order valence-corrected chi connectivity index (χ0v) is 39.7. The molecule has 0 radical (unpaired) electrons. The van der Waals surface area contributed by atoms with Crippen molar-refractivity contribution < 1.29 is 28.7 Å². The summed E-state index contributed by atoms with van der Waals surface area (Å²) >= 11 is 0. The molecule has 0 aliphatic carbocycles. The molecule has 63 heavy (non-hydrogen) atoms. The quantitative estimate of drug-likeness (QED) is 0.140. The lowest BCUT2D eigenvalue weighted by Gasteiger charge is -2.35. The highest BCUT2D eigenvalue weighted by Gasteiger charge is 2.40. The van der Waals surface area contributed by atoms with E-state index in [1.807, 2.05) is 65.8 Å². The first-order chi connectivity index (χ1) is 29.6. The number of hydrogen-bond acceptors (Lipinski definition) is 9. The second-order valence-corrected chi connectivity index (χ2v) is 19.6. The summed E-state index contributed by atoms with van der Waals surface area (Å²) in [6, 6.07) is 16.2. The van der Waals surface area contributed by atoms with Gasteiger partial charge in [0.15, 0.2) is 0 Å². The second-order valence-electron chi connectivity index (χ2n) is 19.6. The van der Waals surface area contributed by atoms with Crippen LogP contribution in [0.1, 0.15) is 119 Å². The van der Waals surface area contributed by atoms with Crippen LogP contribution < -0.4 is 0 Å². The van der Waals surface area contributed by atoms with Crippen molar-refractivity contribution in [2.24, 2.45) is 11.8 Å². The highest BCUT2D eigenvalue weighted by molar-refractivity contribution is 5.86. The lowest BCUT2D eigenvalue weighted by Crippen LogP contribution is -2.52. The number of imidazole rings is 2. The first kappa shape index (κ1) is 48.5. The average molecular weight is 867 g/mol. The third-order valence-corrected chi connectivity index (χ3v) is 11.5. The first-order valence-electron chi connectivity index (χ1n) is 22.3. The molecule has 2 saturated heterocycles. The zero-order valence-electron chi connectivity index (χ0n) is 39.7. The fraction of sp³-hybridized carbons (Fsp3) is 0.551. The van der Waals surface area contributed by atoms with Crippen molar-refractivity contribution in [2.45, 2.75) is 130 Å². The standard InChI is InChI=1S/C38H49N7O3.C11H21NO3/c1-24(2)33(44(7)37(47)48-38(3,4)5)36(46)45-21-9-11-32(45)35-40-23-30(42-35)28-18-14-26(15-19-28)25-12-16-27(17-13-25)29-22-39-34(41-29)31-10-8-20-43(31)6;1-8(2)9(7-13)12(6)10(14)15-11(3,4)5/h12-19,22-24,31-33H,8-11,20-21H2,1-7H3,(H,39,41)(H,40,42);7-9H,1-6H3/t31-,32-,33?;/m0./s1. The van der Waals surface area contributed by atoms with Crippen molar-refractivity contribution in [1.29, 1.82) is 0 Å². The molecule has 2 N–H and O–H groups in total. The van der Waals surface area contributed by atoms with Crippen molar-refractivity contribution in [3.8, 4) is 33.6 Å². The van der Waals surface area contributed by atoms with Gasteiger partial charge in [-0.15, -0.1) is 0 Å². The van der Waals surface area contributed by atoms with Gasteiger partial charge in [-0.05, 0) is 115 Å². The number of amides is 3. The monoisotopic (exact) mass is 867 g/mol. The summed E-state index contributed by atoms with van der Waals surface area (Å²) in [6.07, 6.45) is 7.63. The Bertz CT molecular complexity index is 2150. The van der Waals surface area contributed by atoms with Gasteiger partial charge < -0.3 is 34.0 Å². The summed E-state index contributed by atoms with van der Waals surface area (Å²) in [4.78, 5) is 72.7. The number of aldehydes is 1. The molecule has 2 aliphatic heterocycles. The van der Waals surface area contributed by atoms with E-state index in [0.717, 1.165) is 77.4 Å². The number of H-pyrrole nitrogens is 2. The topological polar surface area (TPSA) is 157 Å². The van der Waals surface area contributed by atoms with Crippen LogP contribution in [0.15, 0.2) is 60.9 Å². The highest BCUT2D eigenvalue weighted by Crippen LogP contribution is 2.35. The number of hydrogen-bond donors (Lipinski definition) is 2. The molecule has 6 rings (SSSR count). The zero-order chi connectivity index (χ0) is 46.4. The highest BCUT2D eigenvalue weighted by atomic mass is 16.6. The van der Waals surface area contributed by atoms with Gasteiger partial charge in [0.25, 0.3) is 0 Å². The first-order valence-corrected chi connectivity index (χ1v) is 22.3. The minimum Gasteiger partial charge on any atom is -0.444 e. The molecule has 2 aliphatic rings. The molecule has 0 bridgehead atoms. The number of nitrogens with zero attached hydrogens (tertiary/aromatic N) is 6. The molecule has 342 valence electrons. The molecule has 0 spiro atoms. The van der Waals surface area contributed by atoms with Crippen LogP contribution in [0.3, 0.4) is 0 Å². The SMILES string of the molecule is CC(C)C(C(=O)N1CCC[C@H]1c1ncc(-c2ccc(-c3ccc(-c4cnc([C@@H]5CCCN5C)[nH]4)cc3)cc2)[nH]1)N(C)C(=O)OC(C)(C)C.CC(C)C(C=O)N(C)C(=O)OC(C)(C)C. The summed E-state index contributed by atoms with van der Waals surface area (Å²) in [5, 5.41) is 0. The van der Waals surface area contributed by atoms with Gasteiger partial charge in [0.1, 0.15) is 35.2 Å². The van der Waals surface area contributed by atoms with Gasteiger partial charge in [0, 0.05) is 20.6 Å². The van der Waals surface area contributed by atoms with Gasteiger partial charge in [0.05, 0.1) is 41.9 Å². The van der Waals surface area contributed by atoms with Crippen LogP contribution in [-0.2, 0) is 19.1 Å². The third kappa shape index (κ3) is 12.4. The molecular weight excluding hydrogens is 797 g/mol. The maximum atomic E-state index is 13.9. The van der Waals surface area contributed by atoms with Crippen molar-refractivity contribution in [3.63, 3.8) is 0 Å². The summed E-state index contributed by atoms with van der Waals surface area (Å²) in [5.41, 5.74) is 5.19. The fourth-order valence-corrected chi connectivity index (χ4v) is 8.23. The van der Waals surface area contributed by atoms with Gasteiger partial charge in [-0.1, -0.05) is 76.2 Å². The van der Waals surface area contributed by atoms with Gasteiger partial charge in [0.2, 0.25) is 5.91 Å². The molecule has 0 saturated carbocycles. The number of rotatable bonds is 11. The second kappa shape index (κ2) is 20.3. The number of aromatic amines is 2. The Kier molecular flexibility index (Phi) is 15.7. The van der Waals surface area contributed by atoms with Crippen LogP contribution in [0, 0.1) is 11.8 Å². The molecule has 2 aromatic heterocycles. The number of carbonyl (C=O) groups excluding carboxylic acids is 4. The number of aromatic nitrogens is 4. The van der Waals surface area contributed by atoms with E-state index in [0.29, 0.717) is 12.6 Å². The minimum absolute atomic E-state index is 0.0800. The third-order valence-electron chi connectivity index (χ3n) is 11.5. The van der Waals surface area contributed by atoms with Crippen molar-refractivity contribution in [3.05, 3.63) is 72.6 Å². The largest absolute Gasteiger partial charge is 0.444 e. The summed E-state index contributed by atoms with van der Waals surface area (Å²) in [7, 11) is 5.39. The van der Waals surface area contributed by atoms with Gasteiger partial charge in [-0.3, -0.25) is 14.6 Å². The number of nitrogens with one attached hydrogen (secondary N) is 2. The van der Waals surface area contributed by atoms with Crippen LogP contribution in [0.2, 0.25) is 0 Å². The minimum atomic E-state index is -0.642. The molecule has 3 amide bonds. The van der Waals surface area contributed by atoms with E-state index < -0.39 is 35.5 Å². The predicted molar refractivity (Wildman–Crippen MR) is 247 cm³/mol. The van der Waals surface area contributed by atoms with Crippen LogP contribution in [0.4, 0.5) is 9.59 Å². The predicted octanol–water partition coefficient (Wildman–Crippen LogP) is 9.53. The van der Waals surface area contributed by atoms with E-state index in [1.165, 1.54) is 16.2 Å². The Labute approximate surface area is 374 Å². The normalized spacial score (nSPS) is 17.9. The van der Waals surface area contributed by atoms with Gasteiger partial charge in [-0.25, -0.2) is 19.6 Å². The number of carbonyl (C=O) groups is 4. The summed E-state index contributed by atoms with van der Waals surface area (Å²) < 4.78 is 10.7. The van der Waals surface area contributed by atoms with Crippen LogP contribution >= 0.6 is 0 Å². The van der Waals surface area contributed by atoms with Crippen LogP contribution in [0.5, 0.6) is 0 Å². The van der Waals surface area contributed by atoms with E-state index in [1.54, 1.807) is 34.9 Å². The lowest BCUT2D eigenvalue weighted by molar-refractivity contribution is -0.139. The number of likely N-dealkylation sites (tertiary alicyclic amines) is 2. The molecule has 14 heteroatoms. The molecule has 4 aromatic rings. The lowest BCUT2D eigenvalue weighted by atomic mass is 10.0. The molecule has 4 atom stereocenters. The smallest absolute Gasteiger partial charge is 0.410 e. The Morgan fingerprint density at radius 2 is 1.11 bits per heavy atom. The van der Waals surface area contributed by atoms with Gasteiger partial charge in [-0.2, -0.15) is 0 Å². The van der Waals surface area contributed by atoms with E-state index >= 15 is 0 Å². The number of benzene rings is 2. The number of likely N-dealkylation sites (N-methyl/N-ethyl adjacent to an activating group) is 2. The molecule has 2 aromatic carbocycles. The maximum Gasteiger partial charge on any atom is 0.410 e.